The fourth-order valence-corrected chi connectivity index (χ4v) is 3.76. The third-order valence-electron chi connectivity index (χ3n) is 4.33. The number of carbonyl (C=O) groups is 3. The third kappa shape index (κ3) is 4.54. The van der Waals surface area contributed by atoms with Crippen molar-refractivity contribution in [3.8, 4) is 0 Å². The zero-order chi connectivity index (χ0) is 20.1. The average Bonchev–Trinajstić information content (AvgIpc) is 3.02. The monoisotopic (exact) mass is 417 g/mol. The highest BCUT2D eigenvalue weighted by Gasteiger charge is 2.55. The Labute approximate surface area is 167 Å². The Morgan fingerprint density at radius 1 is 1.00 bits per heavy atom. The predicted octanol–water partition coefficient (Wildman–Crippen LogP) is 2.54. The Morgan fingerprint density at radius 3 is 2.11 bits per heavy atom. The Kier molecular flexibility index (Phi) is 7.47. The summed E-state index contributed by atoms with van der Waals surface area (Å²) in [6.45, 7) is 3.52. The second kappa shape index (κ2) is 9.39. The number of methoxy groups -OCH3 is 1. The minimum absolute atomic E-state index is 0.102. The summed E-state index contributed by atoms with van der Waals surface area (Å²) in [4.78, 5) is 37.5. The number of hydrogen-bond acceptors (Lipinski definition) is 7. The summed E-state index contributed by atoms with van der Waals surface area (Å²) in [5.41, 5.74) is 0.514. The number of benzene rings is 1. The summed E-state index contributed by atoms with van der Waals surface area (Å²) in [5.74, 6) is -4.15. The van der Waals surface area contributed by atoms with Gasteiger partial charge in [0.15, 0.2) is 0 Å². The lowest BCUT2D eigenvalue weighted by Crippen LogP contribution is -2.42. The van der Waals surface area contributed by atoms with Crippen LogP contribution in [0.5, 0.6) is 0 Å². The van der Waals surface area contributed by atoms with Gasteiger partial charge in [0.1, 0.15) is 6.04 Å². The summed E-state index contributed by atoms with van der Waals surface area (Å²) >= 11 is 12.2. The quantitative estimate of drug-likeness (QED) is 0.561. The first-order valence-electron chi connectivity index (χ1n) is 8.47. The van der Waals surface area contributed by atoms with Gasteiger partial charge in [-0.15, -0.1) is 0 Å². The van der Waals surface area contributed by atoms with E-state index >= 15 is 0 Å². The molecular weight excluding hydrogens is 397 g/mol. The molecule has 1 heterocycles. The predicted molar refractivity (Wildman–Crippen MR) is 98.4 cm³/mol. The number of nitrogens with one attached hydrogen (secondary N) is 1. The number of ether oxygens (including phenoxy) is 3. The van der Waals surface area contributed by atoms with Gasteiger partial charge in [0.25, 0.3) is 0 Å². The van der Waals surface area contributed by atoms with Gasteiger partial charge in [-0.05, 0) is 31.5 Å². The van der Waals surface area contributed by atoms with Crippen molar-refractivity contribution in [3.63, 3.8) is 0 Å². The molecule has 148 valence electrons. The van der Waals surface area contributed by atoms with Gasteiger partial charge < -0.3 is 14.2 Å². The number of hydrogen-bond donors (Lipinski definition) is 1. The van der Waals surface area contributed by atoms with Crippen LogP contribution in [0, 0.1) is 11.8 Å². The largest absolute Gasteiger partial charge is 0.468 e. The lowest BCUT2D eigenvalue weighted by Gasteiger charge is -2.22. The molecular formula is C18H21Cl2NO6. The van der Waals surface area contributed by atoms with Crippen LogP contribution in [0.15, 0.2) is 18.2 Å². The molecule has 1 aromatic carbocycles. The maximum atomic E-state index is 12.7. The van der Waals surface area contributed by atoms with Gasteiger partial charge in [-0.2, -0.15) is 0 Å². The lowest BCUT2D eigenvalue weighted by atomic mass is 9.84. The molecule has 2 rings (SSSR count). The van der Waals surface area contributed by atoms with Crippen molar-refractivity contribution in [3.05, 3.63) is 33.8 Å². The van der Waals surface area contributed by atoms with Crippen LogP contribution in [0.2, 0.25) is 10.0 Å². The highest BCUT2D eigenvalue weighted by Crippen LogP contribution is 2.42. The van der Waals surface area contributed by atoms with E-state index in [0.29, 0.717) is 15.6 Å². The van der Waals surface area contributed by atoms with Crippen molar-refractivity contribution < 1.29 is 28.6 Å². The topological polar surface area (TPSA) is 90.9 Å². The summed E-state index contributed by atoms with van der Waals surface area (Å²) in [6.07, 6.45) is 0. The van der Waals surface area contributed by atoms with E-state index < -0.39 is 41.8 Å². The Morgan fingerprint density at radius 2 is 1.59 bits per heavy atom. The maximum Gasteiger partial charge on any atom is 0.323 e. The number of carbonyl (C=O) groups excluding carboxylic acids is 3. The first-order valence-corrected chi connectivity index (χ1v) is 9.23. The first kappa shape index (κ1) is 21.5. The van der Waals surface area contributed by atoms with Crippen LogP contribution in [0.25, 0.3) is 0 Å². The average molecular weight is 418 g/mol. The molecule has 7 nitrogen and oxygen atoms in total. The van der Waals surface area contributed by atoms with E-state index in [1.807, 2.05) is 0 Å². The molecule has 27 heavy (non-hydrogen) atoms. The van der Waals surface area contributed by atoms with Gasteiger partial charge in [0, 0.05) is 16.1 Å². The fourth-order valence-electron chi connectivity index (χ4n) is 3.24. The number of rotatable bonds is 6. The normalized spacial score (nSPS) is 24.3. The van der Waals surface area contributed by atoms with Gasteiger partial charge in [0.2, 0.25) is 0 Å². The lowest BCUT2D eigenvalue weighted by molar-refractivity contribution is -0.162. The molecule has 0 unspecified atom stereocenters. The molecule has 0 amide bonds. The third-order valence-corrected chi connectivity index (χ3v) is 4.90. The maximum absolute atomic E-state index is 12.7. The molecule has 4 atom stereocenters. The smallest absolute Gasteiger partial charge is 0.323 e. The van der Waals surface area contributed by atoms with E-state index in [-0.39, 0.29) is 13.2 Å². The Hall–Kier alpha value is -1.83. The van der Waals surface area contributed by atoms with Crippen LogP contribution in [0.3, 0.4) is 0 Å². The summed E-state index contributed by atoms with van der Waals surface area (Å²) < 4.78 is 15.0. The standard InChI is InChI=1S/C18H21Cl2NO6/c1-4-26-16(22)12-13(17(23)27-5-2)15(18(24)25-3)21-14(12)10-7-6-9(19)8-11(10)20/h6-8,12-15,21H,4-5H2,1-3H3/t12-,13+,14+,15+/m0/s1. The molecule has 1 aliphatic rings. The second-order valence-corrected chi connectivity index (χ2v) is 6.71. The Balaban J connectivity index is 2.54. The summed E-state index contributed by atoms with van der Waals surface area (Å²) in [7, 11) is 1.20. The van der Waals surface area contributed by atoms with Crippen LogP contribution in [0.4, 0.5) is 0 Å². The molecule has 1 N–H and O–H groups in total. The molecule has 0 radical (unpaired) electrons. The highest BCUT2D eigenvalue weighted by molar-refractivity contribution is 6.35. The van der Waals surface area contributed by atoms with E-state index in [0.717, 1.165) is 0 Å². The molecule has 1 aliphatic heterocycles. The number of esters is 3. The molecule has 1 saturated heterocycles. The van der Waals surface area contributed by atoms with E-state index in [2.05, 4.69) is 5.32 Å². The minimum atomic E-state index is -1.12. The number of halogens is 2. The summed E-state index contributed by atoms with van der Waals surface area (Å²) in [5, 5.41) is 3.70. The zero-order valence-corrected chi connectivity index (χ0v) is 16.7. The van der Waals surface area contributed by atoms with Gasteiger partial charge in [0.05, 0.1) is 32.2 Å². The van der Waals surface area contributed by atoms with Gasteiger partial charge in [-0.3, -0.25) is 19.7 Å². The molecule has 0 saturated carbocycles. The highest BCUT2D eigenvalue weighted by atomic mass is 35.5. The van der Waals surface area contributed by atoms with E-state index in [9.17, 15) is 14.4 Å². The Bertz CT molecular complexity index is 726. The van der Waals surface area contributed by atoms with Crippen molar-refractivity contribution in [2.24, 2.45) is 11.8 Å². The van der Waals surface area contributed by atoms with Crippen LogP contribution in [0.1, 0.15) is 25.5 Å². The van der Waals surface area contributed by atoms with Crippen molar-refractivity contribution in [2.45, 2.75) is 25.9 Å². The van der Waals surface area contributed by atoms with Gasteiger partial charge >= 0.3 is 17.9 Å². The molecule has 1 aromatic rings. The second-order valence-electron chi connectivity index (χ2n) is 5.87. The molecule has 1 fully saturated rings. The van der Waals surface area contributed by atoms with Crippen LogP contribution in [-0.4, -0.2) is 44.3 Å². The van der Waals surface area contributed by atoms with E-state index in [4.69, 9.17) is 37.4 Å². The van der Waals surface area contributed by atoms with Crippen molar-refractivity contribution in [1.82, 2.24) is 5.32 Å². The van der Waals surface area contributed by atoms with Crippen molar-refractivity contribution in [2.75, 3.05) is 20.3 Å². The van der Waals surface area contributed by atoms with Crippen LogP contribution in [-0.2, 0) is 28.6 Å². The molecule has 0 spiro atoms. The van der Waals surface area contributed by atoms with Crippen molar-refractivity contribution >= 4 is 41.1 Å². The fraction of sp³-hybridized carbons (Fsp3) is 0.500. The molecule has 0 aliphatic carbocycles. The van der Waals surface area contributed by atoms with E-state index in [1.54, 1.807) is 26.0 Å². The molecule has 0 aromatic heterocycles. The minimum Gasteiger partial charge on any atom is -0.468 e. The van der Waals surface area contributed by atoms with Gasteiger partial charge in [-0.1, -0.05) is 29.3 Å². The zero-order valence-electron chi connectivity index (χ0n) is 15.2. The van der Waals surface area contributed by atoms with Crippen molar-refractivity contribution in [1.29, 1.82) is 0 Å². The SMILES string of the molecule is CCOC(=O)[C@@H]1[C@H](C(=O)OCC)[C@@H](c2ccc(Cl)cc2Cl)N[C@H]1C(=O)OC. The molecule has 0 bridgehead atoms. The summed E-state index contributed by atoms with van der Waals surface area (Å²) in [6, 6.07) is 2.92. The van der Waals surface area contributed by atoms with Crippen LogP contribution >= 0.6 is 23.2 Å². The van der Waals surface area contributed by atoms with Crippen LogP contribution < -0.4 is 5.32 Å². The van der Waals surface area contributed by atoms with E-state index in [1.165, 1.54) is 13.2 Å². The van der Waals surface area contributed by atoms with Gasteiger partial charge in [-0.25, -0.2) is 0 Å². The molecule has 9 heteroatoms. The first-order chi connectivity index (χ1) is 12.8.